The first-order valence-corrected chi connectivity index (χ1v) is 7.90. The van der Waals surface area contributed by atoms with Crippen LogP contribution in [0.4, 0.5) is 0 Å². The van der Waals surface area contributed by atoms with E-state index in [2.05, 4.69) is 4.98 Å². The summed E-state index contributed by atoms with van der Waals surface area (Å²) in [6, 6.07) is 9.71. The van der Waals surface area contributed by atoms with Gasteiger partial charge < -0.3 is 0 Å². The van der Waals surface area contributed by atoms with Crippen molar-refractivity contribution in [2.24, 2.45) is 0 Å². The highest BCUT2D eigenvalue weighted by atomic mass is 32.2. The third-order valence-electron chi connectivity index (χ3n) is 2.59. The van der Waals surface area contributed by atoms with Gasteiger partial charge in [0.25, 0.3) is 5.56 Å². The number of aromatic amines is 1. The summed E-state index contributed by atoms with van der Waals surface area (Å²) in [5, 5.41) is 0.703. The zero-order chi connectivity index (χ0) is 13.8. The number of benzene rings is 1. The van der Waals surface area contributed by atoms with Gasteiger partial charge in [0.05, 0.1) is 10.9 Å². The highest BCUT2D eigenvalue weighted by Gasteiger charge is 2.12. The summed E-state index contributed by atoms with van der Waals surface area (Å²) in [7, 11) is 0. The smallest absolute Gasteiger partial charge is 0.278 e. The molecule has 0 unspecified atom stereocenters. The van der Waals surface area contributed by atoms with Gasteiger partial charge in [-0.2, -0.15) is 0 Å². The Labute approximate surface area is 119 Å². The zero-order valence-corrected chi connectivity index (χ0v) is 12.3. The molecule has 1 heterocycles. The molecule has 1 aromatic carbocycles. The van der Waals surface area contributed by atoms with Gasteiger partial charge in [-0.05, 0) is 25.3 Å². The highest BCUT2D eigenvalue weighted by Crippen LogP contribution is 2.28. The predicted octanol–water partition coefficient (Wildman–Crippen LogP) is 2.32. The molecule has 0 saturated heterocycles. The first-order chi connectivity index (χ1) is 9.13. The number of hydrogen-bond donors (Lipinski definition) is 1. The van der Waals surface area contributed by atoms with Crippen molar-refractivity contribution >= 4 is 23.5 Å². The van der Waals surface area contributed by atoms with Crippen LogP contribution in [-0.4, -0.2) is 15.8 Å². The lowest BCUT2D eigenvalue weighted by Crippen LogP contribution is -2.32. The van der Waals surface area contributed by atoms with E-state index in [1.807, 2.05) is 36.6 Å². The van der Waals surface area contributed by atoms with Gasteiger partial charge >= 0.3 is 5.69 Å². The van der Waals surface area contributed by atoms with Gasteiger partial charge in [0.1, 0.15) is 0 Å². The number of nitrogens with one attached hydrogen (secondary N) is 1. The Balaban J connectivity index is 2.54. The van der Waals surface area contributed by atoms with E-state index >= 15 is 0 Å². The van der Waals surface area contributed by atoms with Crippen LogP contribution in [0, 0.1) is 6.92 Å². The lowest BCUT2D eigenvalue weighted by Gasteiger charge is -2.12. The molecule has 0 aliphatic heterocycles. The summed E-state index contributed by atoms with van der Waals surface area (Å²) < 4.78 is 1.60. The maximum atomic E-state index is 11.9. The van der Waals surface area contributed by atoms with E-state index in [1.165, 1.54) is 23.5 Å². The lowest BCUT2D eigenvalue weighted by molar-refractivity contribution is 0.691. The molecule has 0 bridgehead atoms. The molecular formula is C13H14N2O2S2. The molecule has 0 saturated carbocycles. The molecule has 19 heavy (non-hydrogen) atoms. The van der Waals surface area contributed by atoms with Gasteiger partial charge in [-0.15, -0.1) is 11.8 Å². The Morgan fingerprint density at radius 3 is 2.53 bits per heavy atom. The first-order valence-electron chi connectivity index (χ1n) is 5.69. The Hall–Kier alpha value is -1.40. The molecule has 0 spiro atoms. The Morgan fingerprint density at radius 2 is 1.89 bits per heavy atom. The largest absolute Gasteiger partial charge is 0.329 e. The van der Waals surface area contributed by atoms with Crippen LogP contribution in [0.3, 0.4) is 0 Å². The van der Waals surface area contributed by atoms with Gasteiger partial charge in [0.2, 0.25) is 0 Å². The van der Waals surface area contributed by atoms with Crippen molar-refractivity contribution in [1.29, 1.82) is 0 Å². The minimum atomic E-state index is -0.358. The van der Waals surface area contributed by atoms with E-state index < -0.39 is 0 Å². The minimum Gasteiger partial charge on any atom is -0.278 e. The molecule has 0 atom stereocenters. The number of nitrogens with zero attached hydrogens (tertiary/aromatic N) is 1. The number of rotatable bonds is 4. The van der Waals surface area contributed by atoms with Gasteiger partial charge in [-0.3, -0.25) is 14.3 Å². The Bertz CT molecular complexity index is 677. The van der Waals surface area contributed by atoms with E-state index in [0.29, 0.717) is 16.5 Å². The fourth-order valence-corrected chi connectivity index (χ4v) is 3.23. The Morgan fingerprint density at radius 1 is 1.21 bits per heavy atom. The first kappa shape index (κ1) is 14.0. The fraction of sp³-hybridized carbons (Fsp3) is 0.231. The van der Waals surface area contributed by atoms with E-state index in [1.54, 1.807) is 11.5 Å². The molecule has 2 rings (SSSR count). The van der Waals surface area contributed by atoms with Crippen LogP contribution in [0.15, 0.2) is 49.8 Å². The van der Waals surface area contributed by atoms with Crippen molar-refractivity contribution in [2.75, 3.05) is 6.26 Å². The molecule has 1 N–H and O–H groups in total. The van der Waals surface area contributed by atoms with Crippen molar-refractivity contribution in [1.82, 2.24) is 9.55 Å². The molecule has 6 heteroatoms. The minimum absolute atomic E-state index is 0.319. The van der Waals surface area contributed by atoms with Gasteiger partial charge in [0.15, 0.2) is 0 Å². The van der Waals surface area contributed by atoms with Gasteiger partial charge in [-0.1, -0.05) is 30.0 Å². The van der Waals surface area contributed by atoms with Crippen molar-refractivity contribution in [3.63, 3.8) is 0 Å². The van der Waals surface area contributed by atoms with Gasteiger partial charge in [0, 0.05) is 10.5 Å². The van der Waals surface area contributed by atoms with Crippen LogP contribution in [0.5, 0.6) is 0 Å². The SMILES string of the molecule is CSCn1c(Sc2ccccc2)c(C)c(=O)[nH]c1=O. The summed E-state index contributed by atoms with van der Waals surface area (Å²) in [6.45, 7) is 1.74. The molecule has 0 amide bonds. The van der Waals surface area contributed by atoms with Crippen LogP contribution in [0.2, 0.25) is 0 Å². The molecule has 0 aliphatic rings. The molecule has 2 aromatic rings. The number of hydrogen-bond acceptors (Lipinski definition) is 4. The zero-order valence-electron chi connectivity index (χ0n) is 10.7. The second-order valence-electron chi connectivity index (χ2n) is 3.95. The third kappa shape index (κ3) is 3.13. The Kier molecular flexibility index (Phi) is 4.55. The highest BCUT2D eigenvalue weighted by molar-refractivity contribution is 7.99. The molecule has 0 fully saturated rings. The summed E-state index contributed by atoms with van der Waals surface area (Å²) in [6.07, 6.45) is 1.92. The summed E-state index contributed by atoms with van der Waals surface area (Å²) in [4.78, 5) is 26.9. The lowest BCUT2D eigenvalue weighted by atomic mass is 10.4. The maximum Gasteiger partial charge on any atom is 0.329 e. The van der Waals surface area contributed by atoms with E-state index in [0.717, 1.165) is 4.90 Å². The average molecular weight is 294 g/mol. The number of H-pyrrole nitrogens is 1. The van der Waals surface area contributed by atoms with Crippen molar-refractivity contribution in [3.8, 4) is 0 Å². The number of aromatic nitrogens is 2. The van der Waals surface area contributed by atoms with Crippen LogP contribution in [0.1, 0.15) is 5.56 Å². The predicted molar refractivity (Wildman–Crippen MR) is 80.1 cm³/mol. The summed E-state index contributed by atoms with van der Waals surface area (Å²) in [5.74, 6) is 0.519. The van der Waals surface area contributed by atoms with Crippen LogP contribution >= 0.6 is 23.5 Å². The van der Waals surface area contributed by atoms with Crippen molar-refractivity contribution < 1.29 is 0 Å². The van der Waals surface area contributed by atoms with Crippen molar-refractivity contribution in [2.45, 2.75) is 22.7 Å². The fourth-order valence-electron chi connectivity index (χ4n) is 1.63. The third-order valence-corrected chi connectivity index (χ3v) is 4.33. The standard InChI is InChI=1S/C13H14N2O2S2/c1-9-11(16)14-13(17)15(8-18-2)12(9)19-10-6-4-3-5-7-10/h3-7H,8H2,1-2H3,(H,14,16,17). The molecule has 0 radical (unpaired) electrons. The monoisotopic (exact) mass is 294 g/mol. The number of thioether (sulfide) groups is 1. The normalized spacial score (nSPS) is 10.6. The molecule has 0 aliphatic carbocycles. The average Bonchev–Trinajstić information content (AvgIpc) is 2.41. The molecule has 1 aromatic heterocycles. The topological polar surface area (TPSA) is 54.9 Å². The van der Waals surface area contributed by atoms with Crippen LogP contribution < -0.4 is 11.2 Å². The summed E-state index contributed by atoms with van der Waals surface area (Å²) in [5.41, 5.74) is -0.105. The van der Waals surface area contributed by atoms with Gasteiger partial charge in [-0.25, -0.2) is 4.79 Å². The molecule has 100 valence electrons. The van der Waals surface area contributed by atoms with Crippen LogP contribution in [-0.2, 0) is 5.88 Å². The second-order valence-corrected chi connectivity index (χ2v) is 5.85. The van der Waals surface area contributed by atoms with Crippen LogP contribution in [0.25, 0.3) is 0 Å². The molecular weight excluding hydrogens is 280 g/mol. The van der Waals surface area contributed by atoms with Crippen molar-refractivity contribution in [3.05, 3.63) is 56.7 Å². The van der Waals surface area contributed by atoms with E-state index in [9.17, 15) is 9.59 Å². The quantitative estimate of drug-likeness (QED) is 0.879. The second kappa shape index (κ2) is 6.16. The van der Waals surface area contributed by atoms with E-state index in [4.69, 9.17) is 0 Å². The summed E-state index contributed by atoms with van der Waals surface area (Å²) >= 11 is 2.97. The molecule has 4 nitrogen and oxygen atoms in total. The van der Waals surface area contributed by atoms with E-state index in [-0.39, 0.29) is 11.2 Å². The maximum absolute atomic E-state index is 11.9.